The normalized spacial score (nSPS) is 14.6. The molecule has 1 unspecified atom stereocenters. The van der Waals surface area contributed by atoms with E-state index in [1.165, 1.54) is 30.5 Å². The minimum Gasteiger partial charge on any atom is -0.398 e. The molecule has 34 heavy (non-hydrogen) atoms. The zero-order chi connectivity index (χ0) is 24.2. The zero-order valence-corrected chi connectivity index (χ0v) is 19.5. The molecule has 11 nitrogen and oxygen atoms in total. The van der Waals surface area contributed by atoms with E-state index in [9.17, 15) is 9.90 Å². The van der Waals surface area contributed by atoms with E-state index in [0.717, 1.165) is 23.4 Å². The Kier molecular flexibility index (Phi) is 6.97. The second-order valence-corrected chi connectivity index (χ2v) is 8.29. The summed E-state index contributed by atoms with van der Waals surface area (Å²) in [4.78, 5) is 15.7. The summed E-state index contributed by atoms with van der Waals surface area (Å²) in [5, 5.41) is 32.2. The van der Waals surface area contributed by atoms with E-state index >= 15 is 0 Å². The van der Waals surface area contributed by atoms with Gasteiger partial charge in [0.1, 0.15) is 18.9 Å². The molecule has 12 heteroatoms. The van der Waals surface area contributed by atoms with Crippen molar-refractivity contribution in [2.75, 3.05) is 17.7 Å². The number of hydrogen-bond donors (Lipinski definition) is 4. The van der Waals surface area contributed by atoms with E-state index in [2.05, 4.69) is 36.2 Å². The maximum absolute atomic E-state index is 9.85. The monoisotopic (exact) mass is 461 g/mol. The fourth-order valence-electron chi connectivity index (χ4n) is 4.06. The van der Waals surface area contributed by atoms with Crippen molar-refractivity contribution >= 4 is 48.1 Å². The Morgan fingerprint density at radius 1 is 1.18 bits per heavy atom. The molecule has 0 saturated heterocycles. The van der Waals surface area contributed by atoms with E-state index in [1.54, 1.807) is 29.9 Å². The number of amides is 1. The van der Waals surface area contributed by atoms with Crippen molar-refractivity contribution in [3.8, 4) is 0 Å². The number of anilines is 3. The summed E-state index contributed by atoms with van der Waals surface area (Å²) in [5.74, 6) is 0.596. The predicted molar refractivity (Wildman–Crippen MR) is 131 cm³/mol. The number of hydrogen-bond acceptors (Lipinski definition) is 8. The molecule has 1 fully saturated rings. The van der Waals surface area contributed by atoms with Crippen LogP contribution in [0.25, 0.3) is 16.7 Å². The van der Waals surface area contributed by atoms with Crippen molar-refractivity contribution < 1.29 is 9.90 Å². The van der Waals surface area contributed by atoms with Crippen LogP contribution in [-0.4, -0.2) is 62.0 Å². The van der Waals surface area contributed by atoms with Gasteiger partial charge in [-0.3, -0.25) is 4.79 Å². The highest BCUT2D eigenvalue weighted by molar-refractivity contribution is 6.11. The molecule has 0 aliphatic heterocycles. The molecular weight excluding hydrogens is 433 g/mol. The molecule has 4 N–H and O–H groups in total. The van der Waals surface area contributed by atoms with Crippen LogP contribution in [0.5, 0.6) is 0 Å². The number of carbonyl (C=O) groups is 1. The molecule has 5 rings (SSSR count). The number of nitrogens with one attached hydrogen (secondary N) is 3. The Balaban J connectivity index is 0.000000291. The number of benzene rings is 1. The minimum atomic E-state index is -1.11. The van der Waals surface area contributed by atoms with Gasteiger partial charge in [-0.15, -0.1) is 5.10 Å². The lowest BCUT2D eigenvalue weighted by Gasteiger charge is -2.12. The van der Waals surface area contributed by atoms with Crippen molar-refractivity contribution in [2.24, 2.45) is 7.05 Å². The second-order valence-electron chi connectivity index (χ2n) is 8.29. The van der Waals surface area contributed by atoms with Gasteiger partial charge in [0, 0.05) is 32.2 Å². The molecule has 1 aliphatic carbocycles. The quantitative estimate of drug-likeness (QED) is 0.253. The third-order valence-electron chi connectivity index (χ3n) is 5.78. The molecule has 3 aromatic heterocycles. The number of aliphatic hydroxyl groups excluding tert-OH is 1. The van der Waals surface area contributed by atoms with Crippen LogP contribution < -0.4 is 16.0 Å². The van der Waals surface area contributed by atoms with Crippen LogP contribution in [0.3, 0.4) is 0 Å². The third kappa shape index (κ3) is 4.96. The highest BCUT2D eigenvalue weighted by Crippen LogP contribution is 2.29. The Morgan fingerprint density at radius 2 is 1.94 bits per heavy atom. The molecule has 176 valence electrons. The van der Waals surface area contributed by atoms with Gasteiger partial charge >= 0.3 is 0 Å². The van der Waals surface area contributed by atoms with Gasteiger partial charge in [0.05, 0.1) is 23.3 Å². The molecule has 1 amide bonds. The molecule has 0 bridgehead atoms. The highest BCUT2D eigenvalue weighted by atomic mass is 16.3. The van der Waals surface area contributed by atoms with Gasteiger partial charge in [-0.1, -0.05) is 12.8 Å². The number of carbonyl (C=O) groups excluding carboxylic acids is 1. The lowest BCUT2D eigenvalue weighted by atomic mass is 9.92. The summed E-state index contributed by atoms with van der Waals surface area (Å²) in [6, 6.07) is 4.70. The first-order valence-corrected chi connectivity index (χ1v) is 11.2. The van der Waals surface area contributed by atoms with Gasteiger partial charge in [0.25, 0.3) is 0 Å². The summed E-state index contributed by atoms with van der Waals surface area (Å²) in [6.45, 7) is 1.93. The molecular formula is C22H28BN9O2. The Bertz CT molecular complexity index is 1290. The van der Waals surface area contributed by atoms with Crippen LogP contribution in [-0.2, 0) is 11.8 Å². The zero-order valence-electron chi connectivity index (χ0n) is 19.5. The predicted octanol–water partition coefficient (Wildman–Crippen LogP) is 1.94. The van der Waals surface area contributed by atoms with Gasteiger partial charge < -0.3 is 21.1 Å². The molecule has 2 radical (unpaired) electrons. The smallest absolute Gasteiger partial charge is 0.207 e. The van der Waals surface area contributed by atoms with Gasteiger partial charge in [-0.05, 0) is 37.5 Å². The average molecular weight is 461 g/mol. The largest absolute Gasteiger partial charge is 0.398 e. The number of rotatable bonds is 6. The Hall–Kier alpha value is -3.67. The summed E-state index contributed by atoms with van der Waals surface area (Å²) in [5.41, 5.74) is 4.97. The van der Waals surface area contributed by atoms with E-state index in [1.807, 2.05) is 20.0 Å². The number of imidazole rings is 1. The first-order valence-electron chi connectivity index (χ1n) is 11.2. The standard InChI is InChI=1S/C16H17BN8O.C6H11NO/c1-8-7-19-16-12(18-2)6-13(22-25(8)16)20-10-4-9(15(17)26)5-11-14(10)23-24(3)21-11;8-5-7-6-3-1-2-4-6/h4-7,15,18,26H,1-3H3,(H,20,22);5-6H,1-4H2,(H,7,8). The fourth-order valence-corrected chi connectivity index (χ4v) is 4.06. The molecule has 1 saturated carbocycles. The third-order valence-corrected chi connectivity index (χ3v) is 5.78. The number of aromatic nitrogens is 6. The maximum Gasteiger partial charge on any atom is 0.207 e. The van der Waals surface area contributed by atoms with Crippen molar-refractivity contribution in [1.82, 2.24) is 34.9 Å². The van der Waals surface area contributed by atoms with E-state index in [-0.39, 0.29) is 0 Å². The summed E-state index contributed by atoms with van der Waals surface area (Å²) >= 11 is 0. The number of aryl methyl sites for hydroxylation is 2. The minimum absolute atomic E-state index is 0.493. The van der Waals surface area contributed by atoms with Crippen LogP contribution in [0, 0.1) is 6.92 Å². The summed E-state index contributed by atoms with van der Waals surface area (Å²) < 4.78 is 1.75. The lowest BCUT2D eigenvalue weighted by molar-refractivity contribution is -0.110. The van der Waals surface area contributed by atoms with Crippen LogP contribution in [0.1, 0.15) is 42.9 Å². The topological polar surface area (TPSA) is 134 Å². The van der Waals surface area contributed by atoms with Crippen LogP contribution in [0.4, 0.5) is 17.2 Å². The highest BCUT2D eigenvalue weighted by Gasteiger charge is 2.15. The van der Waals surface area contributed by atoms with Crippen LogP contribution in [0.15, 0.2) is 24.4 Å². The van der Waals surface area contributed by atoms with E-state index < -0.39 is 6.00 Å². The van der Waals surface area contributed by atoms with Gasteiger partial charge in [0.15, 0.2) is 11.5 Å². The van der Waals surface area contributed by atoms with Gasteiger partial charge in [-0.25, -0.2) is 9.50 Å². The molecule has 1 atom stereocenters. The maximum atomic E-state index is 9.85. The van der Waals surface area contributed by atoms with Gasteiger partial charge in [-0.2, -0.15) is 15.0 Å². The van der Waals surface area contributed by atoms with Crippen LogP contribution >= 0.6 is 0 Å². The first kappa shape index (κ1) is 23.5. The van der Waals surface area contributed by atoms with Gasteiger partial charge in [0.2, 0.25) is 6.41 Å². The molecule has 1 aliphatic rings. The average Bonchev–Trinajstić information content (AvgIpc) is 3.54. The summed E-state index contributed by atoms with van der Waals surface area (Å²) in [6.07, 6.45) is 7.49. The number of fused-ring (bicyclic) bond motifs is 2. The Morgan fingerprint density at radius 3 is 2.62 bits per heavy atom. The van der Waals surface area contributed by atoms with Crippen LogP contribution in [0.2, 0.25) is 0 Å². The lowest BCUT2D eigenvalue weighted by Crippen LogP contribution is -2.23. The molecule has 4 aromatic rings. The number of nitrogens with zero attached hydrogens (tertiary/aromatic N) is 6. The van der Waals surface area contributed by atoms with Crippen molar-refractivity contribution in [2.45, 2.75) is 44.7 Å². The van der Waals surface area contributed by atoms with E-state index in [0.29, 0.717) is 34.1 Å². The Labute approximate surface area is 198 Å². The molecule has 1 aromatic carbocycles. The molecule has 0 spiro atoms. The summed E-state index contributed by atoms with van der Waals surface area (Å²) in [7, 11) is 9.20. The molecule has 3 heterocycles. The van der Waals surface area contributed by atoms with E-state index in [4.69, 9.17) is 7.85 Å². The van der Waals surface area contributed by atoms with Crippen molar-refractivity contribution in [3.63, 3.8) is 0 Å². The fraction of sp³-hybridized carbons (Fsp3) is 0.409. The van der Waals surface area contributed by atoms with Crippen molar-refractivity contribution in [1.29, 1.82) is 0 Å². The first-order chi connectivity index (χ1) is 16.4. The number of aliphatic hydroxyl groups is 1. The van der Waals surface area contributed by atoms with Crippen molar-refractivity contribution in [3.05, 3.63) is 35.7 Å². The SMILES string of the molecule is O=CNC1CCCC1.[B]C(O)c1cc(Nc2cc(NC)c3ncc(C)n3n2)c2nn(C)nc2c1. The second kappa shape index (κ2) is 10.1.